The number of hydrogen-bond acceptors (Lipinski definition) is 5. The molecule has 1 aliphatic rings. The maximum Gasteiger partial charge on any atom is 0.339 e. The highest BCUT2D eigenvalue weighted by Crippen LogP contribution is 2.32. The lowest BCUT2D eigenvalue weighted by molar-refractivity contribution is -0.124. The molecule has 148 valence electrons. The highest BCUT2D eigenvalue weighted by Gasteiger charge is 2.29. The van der Waals surface area contributed by atoms with Crippen LogP contribution in [0.2, 0.25) is 0 Å². The molecule has 4 rings (SSSR count). The predicted octanol–water partition coefficient (Wildman–Crippen LogP) is 4.08. The molecule has 6 nitrogen and oxygen atoms in total. The van der Waals surface area contributed by atoms with Gasteiger partial charge in [0.05, 0.1) is 17.3 Å². The first-order chi connectivity index (χ1) is 14.1. The highest BCUT2D eigenvalue weighted by molar-refractivity contribution is 5.97. The van der Waals surface area contributed by atoms with E-state index in [1.165, 1.54) is 0 Å². The van der Waals surface area contributed by atoms with Gasteiger partial charge in [-0.25, -0.2) is 9.78 Å². The van der Waals surface area contributed by atoms with Crippen LogP contribution in [0.1, 0.15) is 30.1 Å². The lowest BCUT2D eigenvalue weighted by Gasteiger charge is -2.13. The largest absolute Gasteiger partial charge is 0.452 e. The van der Waals surface area contributed by atoms with Crippen LogP contribution in [0.4, 0.5) is 0 Å². The second-order valence-corrected chi connectivity index (χ2v) is 7.21. The van der Waals surface area contributed by atoms with E-state index in [4.69, 9.17) is 9.15 Å². The molecule has 29 heavy (non-hydrogen) atoms. The number of nitrogens with one attached hydrogen (secondary N) is 1. The first-order valence-electron chi connectivity index (χ1n) is 9.69. The van der Waals surface area contributed by atoms with Crippen molar-refractivity contribution in [2.75, 3.05) is 6.61 Å². The first kappa shape index (κ1) is 18.9. The van der Waals surface area contributed by atoms with E-state index >= 15 is 0 Å². The summed E-state index contributed by atoms with van der Waals surface area (Å²) in [5.74, 6) is 0.589. The Morgan fingerprint density at radius 2 is 1.86 bits per heavy atom. The van der Waals surface area contributed by atoms with Gasteiger partial charge in [-0.3, -0.25) is 4.79 Å². The molecule has 6 heteroatoms. The molecule has 2 aromatic carbocycles. The highest BCUT2D eigenvalue weighted by atomic mass is 16.5. The van der Waals surface area contributed by atoms with Gasteiger partial charge in [0.1, 0.15) is 0 Å². The van der Waals surface area contributed by atoms with Crippen molar-refractivity contribution < 1.29 is 18.7 Å². The monoisotopic (exact) mass is 390 g/mol. The van der Waals surface area contributed by atoms with Gasteiger partial charge in [-0.1, -0.05) is 42.5 Å². The first-order valence-corrected chi connectivity index (χ1v) is 9.69. The van der Waals surface area contributed by atoms with Gasteiger partial charge in [-0.15, -0.1) is 0 Å². The van der Waals surface area contributed by atoms with Crippen molar-refractivity contribution in [3.8, 4) is 22.8 Å². The molecule has 1 aliphatic carbocycles. The number of benzene rings is 2. The second kappa shape index (κ2) is 8.31. The normalized spacial score (nSPS) is 14.2. The fourth-order valence-corrected chi connectivity index (χ4v) is 3.20. The van der Waals surface area contributed by atoms with Crippen molar-refractivity contribution in [1.29, 1.82) is 0 Å². The van der Waals surface area contributed by atoms with E-state index in [-0.39, 0.29) is 18.6 Å². The standard InChI is InChI=1S/C23H22N2O4/c1-15(16-11-12-16)25-21(26)14-28-23(27)19-10-6-5-9-18(19)22-24-13-20(29-22)17-7-3-2-4-8-17/h2-10,13,15-16H,11-12,14H2,1H3,(H,25,26)/t15-/m1/s1. The molecular formula is C23H22N2O4. The number of oxazole rings is 1. The molecule has 0 aliphatic heterocycles. The van der Waals surface area contributed by atoms with Gasteiger partial charge < -0.3 is 14.5 Å². The number of esters is 1. The summed E-state index contributed by atoms with van der Waals surface area (Å²) in [4.78, 5) is 28.9. The van der Waals surface area contributed by atoms with E-state index in [0.717, 1.165) is 18.4 Å². The molecule has 1 heterocycles. The van der Waals surface area contributed by atoms with Crippen molar-refractivity contribution in [3.63, 3.8) is 0 Å². The zero-order valence-electron chi connectivity index (χ0n) is 16.1. The van der Waals surface area contributed by atoms with E-state index in [2.05, 4.69) is 10.3 Å². The Kier molecular flexibility index (Phi) is 5.42. The summed E-state index contributed by atoms with van der Waals surface area (Å²) < 4.78 is 11.1. The summed E-state index contributed by atoms with van der Waals surface area (Å²) in [7, 11) is 0. The fraction of sp³-hybridized carbons (Fsp3) is 0.261. The van der Waals surface area contributed by atoms with Crippen LogP contribution in [0.15, 0.2) is 65.2 Å². The Morgan fingerprint density at radius 3 is 2.62 bits per heavy atom. The van der Waals surface area contributed by atoms with Crippen LogP contribution in [0, 0.1) is 5.92 Å². The number of carbonyl (C=O) groups excluding carboxylic acids is 2. The minimum Gasteiger partial charge on any atom is -0.452 e. The summed E-state index contributed by atoms with van der Waals surface area (Å²) in [6, 6.07) is 16.6. The van der Waals surface area contributed by atoms with Gasteiger partial charge in [0, 0.05) is 11.6 Å². The van der Waals surface area contributed by atoms with Crippen molar-refractivity contribution >= 4 is 11.9 Å². The van der Waals surface area contributed by atoms with Gasteiger partial charge in [0.2, 0.25) is 5.89 Å². The Balaban J connectivity index is 1.46. The summed E-state index contributed by atoms with van der Waals surface area (Å²) >= 11 is 0. The maximum atomic E-state index is 12.6. The predicted molar refractivity (Wildman–Crippen MR) is 108 cm³/mol. The van der Waals surface area contributed by atoms with E-state index in [9.17, 15) is 9.59 Å². The number of nitrogens with zero attached hydrogens (tertiary/aromatic N) is 1. The van der Waals surface area contributed by atoms with Crippen molar-refractivity contribution in [2.45, 2.75) is 25.8 Å². The van der Waals surface area contributed by atoms with Gasteiger partial charge in [0.25, 0.3) is 5.91 Å². The van der Waals surface area contributed by atoms with Crippen LogP contribution in [-0.2, 0) is 9.53 Å². The lowest BCUT2D eigenvalue weighted by atomic mass is 10.1. The minimum absolute atomic E-state index is 0.109. The number of rotatable bonds is 7. The summed E-state index contributed by atoms with van der Waals surface area (Å²) in [5, 5.41) is 2.87. The molecular weight excluding hydrogens is 368 g/mol. The summed E-state index contributed by atoms with van der Waals surface area (Å²) in [6.07, 6.45) is 3.89. The van der Waals surface area contributed by atoms with Gasteiger partial charge in [0.15, 0.2) is 12.4 Å². The number of ether oxygens (including phenoxy) is 1. The number of hydrogen-bond donors (Lipinski definition) is 1. The molecule has 0 spiro atoms. The average molecular weight is 390 g/mol. The van der Waals surface area contributed by atoms with Crippen molar-refractivity contribution in [3.05, 3.63) is 66.4 Å². The Morgan fingerprint density at radius 1 is 1.14 bits per heavy atom. The Labute approximate surface area is 168 Å². The van der Waals surface area contributed by atoms with E-state index in [1.807, 2.05) is 37.3 Å². The third kappa shape index (κ3) is 4.54. The molecule has 0 saturated heterocycles. The molecule has 0 radical (unpaired) electrons. The molecule has 1 atom stereocenters. The van der Waals surface area contributed by atoms with E-state index in [0.29, 0.717) is 28.7 Å². The van der Waals surface area contributed by atoms with Crippen LogP contribution >= 0.6 is 0 Å². The molecule has 3 aromatic rings. The number of amides is 1. The summed E-state index contributed by atoms with van der Waals surface area (Å²) in [5.41, 5.74) is 1.72. The second-order valence-electron chi connectivity index (χ2n) is 7.21. The van der Waals surface area contributed by atoms with E-state index < -0.39 is 5.97 Å². The molecule has 1 N–H and O–H groups in total. The van der Waals surface area contributed by atoms with Crippen molar-refractivity contribution in [1.82, 2.24) is 10.3 Å². The smallest absolute Gasteiger partial charge is 0.339 e. The lowest BCUT2D eigenvalue weighted by Crippen LogP contribution is -2.37. The van der Waals surface area contributed by atoms with Crippen LogP contribution in [-0.4, -0.2) is 29.5 Å². The Bertz CT molecular complexity index is 1010. The topological polar surface area (TPSA) is 81.4 Å². The zero-order valence-corrected chi connectivity index (χ0v) is 16.1. The molecule has 0 bridgehead atoms. The zero-order chi connectivity index (χ0) is 20.2. The molecule has 1 saturated carbocycles. The van der Waals surface area contributed by atoms with Gasteiger partial charge in [-0.05, 0) is 37.8 Å². The van der Waals surface area contributed by atoms with Gasteiger partial charge >= 0.3 is 5.97 Å². The van der Waals surface area contributed by atoms with E-state index in [1.54, 1.807) is 30.5 Å². The number of carbonyl (C=O) groups is 2. The SMILES string of the molecule is C[C@@H](NC(=O)COC(=O)c1ccccc1-c1ncc(-c2ccccc2)o1)C1CC1. The van der Waals surface area contributed by atoms with Crippen LogP contribution < -0.4 is 5.32 Å². The summed E-state index contributed by atoms with van der Waals surface area (Å²) in [6.45, 7) is 1.66. The molecule has 1 fully saturated rings. The van der Waals surface area contributed by atoms with Crippen LogP contribution in [0.5, 0.6) is 0 Å². The van der Waals surface area contributed by atoms with Crippen LogP contribution in [0.3, 0.4) is 0 Å². The fourth-order valence-electron chi connectivity index (χ4n) is 3.20. The maximum absolute atomic E-state index is 12.6. The molecule has 0 unspecified atom stereocenters. The third-order valence-corrected chi connectivity index (χ3v) is 4.99. The number of aromatic nitrogens is 1. The van der Waals surface area contributed by atoms with Gasteiger partial charge in [-0.2, -0.15) is 0 Å². The Hall–Kier alpha value is -3.41. The average Bonchev–Trinajstić information content (AvgIpc) is 3.49. The molecule has 1 amide bonds. The quantitative estimate of drug-likeness (QED) is 0.615. The third-order valence-electron chi connectivity index (χ3n) is 4.99. The molecule has 1 aromatic heterocycles. The van der Waals surface area contributed by atoms with Crippen LogP contribution in [0.25, 0.3) is 22.8 Å². The van der Waals surface area contributed by atoms with Crippen molar-refractivity contribution in [2.24, 2.45) is 5.92 Å². The minimum atomic E-state index is -0.589.